The molecular weight excluding hydrogens is 414 g/mol. The molecule has 10 nitrogen and oxygen atoms in total. The van der Waals surface area contributed by atoms with Crippen LogP contribution in [0.15, 0.2) is 0 Å². The summed E-state index contributed by atoms with van der Waals surface area (Å²) in [5, 5.41) is 2.93. The number of hydrogen-bond donors (Lipinski definition) is 1. The lowest BCUT2D eigenvalue weighted by Crippen LogP contribution is -2.37. The van der Waals surface area contributed by atoms with Gasteiger partial charge in [-0.15, -0.1) is 11.3 Å². The van der Waals surface area contributed by atoms with Gasteiger partial charge in [-0.25, -0.2) is 9.59 Å². The van der Waals surface area contributed by atoms with Crippen LogP contribution in [0.5, 0.6) is 0 Å². The summed E-state index contributed by atoms with van der Waals surface area (Å²) in [4.78, 5) is 63.8. The van der Waals surface area contributed by atoms with Crippen molar-refractivity contribution in [3.05, 3.63) is 16.0 Å². The van der Waals surface area contributed by atoms with E-state index in [4.69, 9.17) is 9.47 Å². The van der Waals surface area contributed by atoms with Crippen molar-refractivity contribution in [2.45, 2.75) is 39.7 Å². The zero-order valence-corrected chi connectivity index (χ0v) is 17.6. The summed E-state index contributed by atoms with van der Waals surface area (Å²) in [5.41, 5.74) is 0.982. The summed E-state index contributed by atoms with van der Waals surface area (Å²) in [6.07, 6.45) is 0.164. The maximum absolute atomic E-state index is 12.6. The monoisotopic (exact) mass is 437 g/mol. The molecule has 1 saturated heterocycles. The van der Waals surface area contributed by atoms with Gasteiger partial charge in [-0.1, -0.05) is 0 Å². The molecule has 0 bridgehead atoms. The SMILES string of the molecule is CCOC(=O)c1c(NC(=O)CN2C(=O)CCC2=O)sc2c1CCN(C(=O)OCC)C2. The van der Waals surface area contributed by atoms with Crippen molar-refractivity contribution < 1.29 is 33.4 Å². The van der Waals surface area contributed by atoms with Gasteiger partial charge in [0.25, 0.3) is 0 Å². The van der Waals surface area contributed by atoms with E-state index >= 15 is 0 Å². The highest BCUT2D eigenvalue weighted by molar-refractivity contribution is 7.17. The summed E-state index contributed by atoms with van der Waals surface area (Å²) in [6.45, 7) is 4.06. The lowest BCUT2D eigenvalue weighted by Gasteiger charge is -2.26. The fraction of sp³-hybridized carbons (Fsp3) is 0.526. The number of likely N-dealkylation sites (tertiary alicyclic amines) is 1. The van der Waals surface area contributed by atoms with Crippen LogP contribution >= 0.6 is 11.3 Å². The minimum atomic E-state index is -0.579. The number of imide groups is 1. The van der Waals surface area contributed by atoms with Gasteiger partial charge < -0.3 is 19.7 Å². The van der Waals surface area contributed by atoms with Gasteiger partial charge in [-0.2, -0.15) is 0 Å². The van der Waals surface area contributed by atoms with Crippen molar-refractivity contribution in [3.8, 4) is 0 Å². The third-order valence-corrected chi connectivity index (χ3v) is 5.90. The van der Waals surface area contributed by atoms with E-state index in [1.54, 1.807) is 13.8 Å². The van der Waals surface area contributed by atoms with Crippen LogP contribution in [0.4, 0.5) is 9.80 Å². The fourth-order valence-electron chi connectivity index (χ4n) is 3.39. The van der Waals surface area contributed by atoms with Crippen LogP contribution in [0.25, 0.3) is 0 Å². The van der Waals surface area contributed by atoms with Gasteiger partial charge in [0, 0.05) is 24.3 Å². The average molecular weight is 437 g/mol. The molecule has 1 N–H and O–H groups in total. The molecule has 0 aromatic carbocycles. The molecule has 0 radical (unpaired) electrons. The number of amides is 4. The van der Waals surface area contributed by atoms with E-state index < -0.39 is 36.3 Å². The van der Waals surface area contributed by atoms with Crippen LogP contribution in [0, 0.1) is 0 Å². The number of nitrogens with one attached hydrogen (secondary N) is 1. The Balaban J connectivity index is 1.82. The Bertz CT molecular complexity index is 879. The first-order chi connectivity index (χ1) is 14.3. The Labute approximate surface area is 177 Å². The van der Waals surface area contributed by atoms with Crippen LogP contribution < -0.4 is 5.32 Å². The average Bonchev–Trinajstić information content (AvgIpc) is 3.21. The second kappa shape index (κ2) is 9.24. The molecule has 162 valence electrons. The second-order valence-corrected chi connectivity index (χ2v) is 7.83. The highest BCUT2D eigenvalue weighted by Crippen LogP contribution is 2.38. The minimum Gasteiger partial charge on any atom is -0.462 e. The summed E-state index contributed by atoms with van der Waals surface area (Å²) >= 11 is 1.17. The number of anilines is 1. The summed E-state index contributed by atoms with van der Waals surface area (Å²) in [6, 6.07) is 0. The summed E-state index contributed by atoms with van der Waals surface area (Å²) in [7, 11) is 0. The zero-order chi connectivity index (χ0) is 21.8. The zero-order valence-electron chi connectivity index (χ0n) is 16.8. The maximum atomic E-state index is 12.6. The van der Waals surface area contributed by atoms with Gasteiger partial charge in [0.2, 0.25) is 17.7 Å². The number of ether oxygens (including phenoxy) is 2. The number of fused-ring (bicyclic) bond motifs is 1. The van der Waals surface area contributed by atoms with Gasteiger partial charge in [0.05, 0.1) is 25.3 Å². The molecule has 3 rings (SSSR count). The van der Waals surface area contributed by atoms with E-state index in [2.05, 4.69) is 5.32 Å². The number of carbonyl (C=O) groups is 5. The van der Waals surface area contributed by atoms with E-state index in [0.717, 1.165) is 15.3 Å². The number of esters is 1. The Kier molecular flexibility index (Phi) is 6.70. The highest BCUT2D eigenvalue weighted by Gasteiger charge is 2.33. The number of hydrogen-bond acceptors (Lipinski definition) is 8. The van der Waals surface area contributed by atoms with Gasteiger partial charge in [0.1, 0.15) is 11.5 Å². The first-order valence-electron chi connectivity index (χ1n) is 9.72. The van der Waals surface area contributed by atoms with Gasteiger partial charge in [-0.3, -0.25) is 19.3 Å². The Morgan fingerprint density at radius 2 is 1.70 bits per heavy atom. The number of rotatable bonds is 6. The fourth-order valence-corrected chi connectivity index (χ4v) is 4.66. The van der Waals surface area contributed by atoms with Crippen molar-refractivity contribution in [2.75, 3.05) is 31.6 Å². The maximum Gasteiger partial charge on any atom is 0.410 e. The van der Waals surface area contributed by atoms with Crippen molar-refractivity contribution >= 4 is 46.1 Å². The van der Waals surface area contributed by atoms with E-state index in [-0.39, 0.29) is 43.2 Å². The van der Waals surface area contributed by atoms with Crippen LogP contribution in [-0.2, 0) is 36.8 Å². The van der Waals surface area contributed by atoms with Crippen LogP contribution in [0.3, 0.4) is 0 Å². The second-order valence-electron chi connectivity index (χ2n) is 6.72. The van der Waals surface area contributed by atoms with Crippen LogP contribution in [-0.4, -0.2) is 65.9 Å². The number of carbonyl (C=O) groups excluding carboxylic acids is 5. The van der Waals surface area contributed by atoms with E-state index in [0.29, 0.717) is 13.0 Å². The van der Waals surface area contributed by atoms with Gasteiger partial charge in [-0.05, 0) is 25.8 Å². The topological polar surface area (TPSA) is 122 Å². The van der Waals surface area contributed by atoms with Crippen molar-refractivity contribution in [2.24, 2.45) is 0 Å². The lowest BCUT2D eigenvalue weighted by atomic mass is 10.0. The first kappa shape index (κ1) is 21.8. The van der Waals surface area contributed by atoms with Gasteiger partial charge in [0.15, 0.2) is 0 Å². The quantitative estimate of drug-likeness (QED) is 0.529. The lowest BCUT2D eigenvalue weighted by molar-refractivity contribution is -0.141. The molecule has 3 heterocycles. The Hall–Kier alpha value is -2.95. The molecule has 0 saturated carbocycles. The van der Waals surface area contributed by atoms with Crippen molar-refractivity contribution in [1.29, 1.82) is 0 Å². The highest BCUT2D eigenvalue weighted by atomic mass is 32.1. The Morgan fingerprint density at radius 3 is 2.33 bits per heavy atom. The molecule has 0 unspecified atom stereocenters. The predicted molar refractivity (Wildman–Crippen MR) is 106 cm³/mol. The number of nitrogens with zero attached hydrogens (tertiary/aromatic N) is 2. The van der Waals surface area contributed by atoms with E-state index in [1.807, 2.05) is 0 Å². The van der Waals surface area contributed by atoms with Crippen LogP contribution in [0.2, 0.25) is 0 Å². The normalized spacial score (nSPS) is 15.8. The molecule has 30 heavy (non-hydrogen) atoms. The summed E-state index contributed by atoms with van der Waals surface area (Å²) < 4.78 is 10.2. The molecule has 1 aromatic rings. The molecule has 4 amide bonds. The molecule has 1 aromatic heterocycles. The smallest absolute Gasteiger partial charge is 0.410 e. The summed E-state index contributed by atoms with van der Waals surface area (Å²) in [5.74, 6) is -1.93. The standard InChI is InChI=1S/C19H23N3O7S/c1-3-28-18(26)16-11-7-8-21(19(27)29-4-2)9-12(11)30-17(16)20-13(23)10-22-14(24)5-6-15(22)25/h3-10H2,1-2H3,(H,20,23). The first-order valence-corrected chi connectivity index (χ1v) is 10.5. The van der Waals surface area contributed by atoms with Crippen molar-refractivity contribution in [1.82, 2.24) is 9.80 Å². The molecule has 0 atom stereocenters. The largest absolute Gasteiger partial charge is 0.462 e. The molecule has 2 aliphatic rings. The molecule has 11 heteroatoms. The van der Waals surface area contributed by atoms with Crippen LogP contribution in [0.1, 0.15) is 47.5 Å². The Morgan fingerprint density at radius 1 is 1.03 bits per heavy atom. The number of thiophene rings is 1. The third-order valence-electron chi connectivity index (χ3n) is 4.77. The third kappa shape index (κ3) is 4.45. The molecule has 1 fully saturated rings. The molecular formula is C19H23N3O7S. The molecule has 0 spiro atoms. The predicted octanol–water partition coefficient (Wildman–Crippen LogP) is 1.53. The minimum absolute atomic E-state index is 0.0944. The molecule has 0 aliphatic carbocycles. The van der Waals surface area contributed by atoms with Crippen molar-refractivity contribution in [3.63, 3.8) is 0 Å². The molecule has 2 aliphatic heterocycles. The van der Waals surface area contributed by atoms with Gasteiger partial charge >= 0.3 is 12.1 Å². The van der Waals surface area contributed by atoms with E-state index in [9.17, 15) is 24.0 Å². The van der Waals surface area contributed by atoms with E-state index in [1.165, 1.54) is 16.2 Å².